The highest BCUT2D eigenvalue weighted by atomic mass is 79.9. The number of nitrogens with one attached hydrogen (secondary N) is 1. The van der Waals surface area contributed by atoms with Crippen LogP contribution in [0.3, 0.4) is 0 Å². The van der Waals surface area contributed by atoms with Gasteiger partial charge in [-0.3, -0.25) is 13.9 Å². The van der Waals surface area contributed by atoms with Gasteiger partial charge in [-0.25, -0.2) is 8.42 Å². The van der Waals surface area contributed by atoms with Crippen molar-refractivity contribution in [2.45, 2.75) is 50.7 Å². The average Bonchev–Trinajstić information content (AvgIpc) is 3.56. The fourth-order valence-electron chi connectivity index (χ4n) is 5.63. The van der Waals surface area contributed by atoms with Crippen LogP contribution in [0.4, 0.5) is 5.69 Å². The molecule has 5 rings (SSSR count). The minimum atomic E-state index is -3.88. The van der Waals surface area contributed by atoms with Gasteiger partial charge in [0, 0.05) is 23.5 Å². The van der Waals surface area contributed by atoms with E-state index in [1.165, 1.54) is 4.90 Å². The van der Waals surface area contributed by atoms with E-state index in [1.54, 1.807) is 24.3 Å². The Labute approximate surface area is 279 Å². The number of carbonyl (C=O) groups is 2. The van der Waals surface area contributed by atoms with E-state index in [9.17, 15) is 18.0 Å². The Bertz CT molecular complexity index is 1700. The van der Waals surface area contributed by atoms with Gasteiger partial charge in [0.25, 0.3) is 0 Å². The quantitative estimate of drug-likeness (QED) is 0.167. The Balaban J connectivity index is 1.45. The van der Waals surface area contributed by atoms with Crippen molar-refractivity contribution >= 4 is 43.5 Å². The van der Waals surface area contributed by atoms with Crippen LogP contribution in [0.2, 0.25) is 0 Å². The number of rotatable bonds is 13. The Morgan fingerprint density at radius 2 is 1.41 bits per heavy atom. The van der Waals surface area contributed by atoms with Crippen LogP contribution in [0.15, 0.2) is 114 Å². The molecule has 240 valence electrons. The van der Waals surface area contributed by atoms with Crippen molar-refractivity contribution in [3.8, 4) is 11.5 Å². The summed E-state index contributed by atoms with van der Waals surface area (Å²) in [4.78, 5) is 29.8. The number of hydrogen-bond acceptors (Lipinski definition) is 5. The van der Waals surface area contributed by atoms with Crippen LogP contribution >= 0.6 is 15.9 Å². The molecule has 1 atom stereocenters. The summed E-state index contributed by atoms with van der Waals surface area (Å²) >= 11 is 3.46. The van der Waals surface area contributed by atoms with Gasteiger partial charge in [-0.2, -0.15) is 0 Å². The maximum Gasteiger partial charge on any atom is 0.244 e. The summed E-state index contributed by atoms with van der Waals surface area (Å²) in [6.45, 7) is -0.348. The van der Waals surface area contributed by atoms with Crippen molar-refractivity contribution in [2.24, 2.45) is 0 Å². The molecule has 0 aromatic heterocycles. The van der Waals surface area contributed by atoms with Gasteiger partial charge in [0.2, 0.25) is 21.8 Å². The highest BCUT2D eigenvalue weighted by molar-refractivity contribution is 9.10. The number of para-hydroxylation sites is 1. The second kappa shape index (κ2) is 15.4. The molecular formula is C36H38BrN3O5S. The smallest absolute Gasteiger partial charge is 0.244 e. The first kappa shape index (κ1) is 33.2. The van der Waals surface area contributed by atoms with Crippen LogP contribution in [0.5, 0.6) is 11.5 Å². The normalized spacial score (nSPS) is 14.0. The van der Waals surface area contributed by atoms with Crippen molar-refractivity contribution in [1.29, 1.82) is 0 Å². The first-order chi connectivity index (χ1) is 22.2. The zero-order valence-electron chi connectivity index (χ0n) is 25.7. The molecule has 1 N–H and O–H groups in total. The number of sulfonamides is 1. The van der Waals surface area contributed by atoms with Gasteiger partial charge in [0.15, 0.2) is 0 Å². The molecule has 2 amide bonds. The predicted octanol–water partition coefficient (Wildman–Crippen LogP) is 6.71. The molecule has 0 heterocycles. The molecular weight excluding hydrogens is 666 g/mol. The van der Waals surface area contributed by atoms with Gasteiger partial charge in [-0.15, -0.1) is 0 Å². The van der Waals surface area contributed by atoms with E-state index >= 15 is 0 Å². The Morgan fingerprint density at radius 1 is 0.826 bits per heavy atom. The molecule has 10 heteroatoms. The molecule has 1 aliphatic rings. The summed E-state index contributed by atoms with van der Waals surface area (Å²) < 4.78 is 34.1. The predicted molar refractivity (Wildman–Crippen MR) is 184 cm³/mol. The van der Waals surface area contributed by atoms with E-state index in [2.05, 4.69) is 21.2 Å². The molecule has 0 saturated heterocycles. The molecule has 0 bridgehead atoms. The molecule has 1 fully saturated rings. The highest BCUT2D eigenvalue weighted by Crippen LogP contribution is 2.27. The third-order valence-corrected chi connectivity index (χ3v) is 9.69. The van der Waals surface area contributed by atoms with Gasteiger partial charge in [-0.1, -0.05) is 89.4 Å². The molecule has 1 aliphatic carbocycles. The number of anilines is 1. The second-order valence-electron chi connectivity index (χ2n) is 11.5. The van der Waals surface area contributed by atoms with Crippen molar-refractivity contribution in [1.82, 2.24) is 10.2 Å². The molecule has 46 heavy (non-hydrogen) atoms. The van der Waals surface area contributed by atoms with E-state index in [1.807, 2.05) is 84.9 Å². The van der Waals surface area contributed by atoms with Crippen LogP contribution < -0.4 is 14.4 Å². The summed E-state index contributed by atoms with van der Waals surface area (Å²) in [6, 6.07) is 32.1. The SMILES string of the molecule is CS(=O)(=O)N(CC(=O)N(Cc1ccc(Br)cc1)[C@@H](Cc1ccccc1)C(=O)NC1CCCC1)c1ccc(Oc2ccccc2)cc1. The topological polar surface area (TPSA) is 96.0 Å². The molecule has 0 radical (unpaired) electrons. The Morgan fingerprint density at radius 3 is 2.02 bits per heavy atom. The molecule has 1 saturated carbocycles. The number of carbonyl (C=O) groups excluding carboxylic acids is 2. The number of halogens is 1. The van der Waals surface area contributed by atoms with Crippen molar-refractivity contribution < 1.29 is 22.7 Å². The first-order valence-electron chi connectivity index (χ1n) is 15.3. The monoisotopic (exact) mass is 703 g/mol. The molecule has 0 spiro atoms. The third kappa shape index (κ3) is 9.20. The summed E-state index contributed by atoms with van der Waals surface area (Å²) in [5, 5.41) is 3.18. The molecule has 4 aromatic rings. The van der Waals surface area contributed by atoms with Crippen LogP contribution in [-0.2, 0) is 32.6 Å². The Kier molecular flexibility index (Phi) is 11.1. The van der Waals surface area contributed by atoms with E-state index in [4.69, 9.17) is 4.74 Å². The molecule has 4 aromatic carbocycles. The lowest BCUT2D eigenvalue weighted by molar-refractivity contribution is -0.140. The lowest BCUT2D eigenvalue weighted by Crippen LogP contribution is -2.54. The lowest BCUT2D eigenvalue weighted by atomic mass is 10.0. The maximum atomic E-state index is 14.3. The van der Waals surface area contributed by atoms with Gasteiger partial charge >= 0.3 is 0 Å². The fraction of sp³-hybridized carbons (Fsp3) is 0.278. The summed E-state index contributed by atoms with van der Waals surface area (Å²) in [7, 11) is -3.88. The largest absolute Gasteiger partial charge is 0.457 e. The standard InChI is InChI=1S/C36H38BrN3O5S/c1-46(43,44)40(31-20-22-33(23-21-31)45-32-14-6-3-7-15-32)26-35(41)39(25-28-16-18-29(37)19-17-28)34(24-27-10-4-2-5-11-27)36(42)38-30-12-8-9-13-30/h2-7,10-11,14-23,30,34H,8-9,12-13,24-26H2,1H3,(H,38,42)/t34-/m0/s1. The highest BCUT2D eigenvalue weighted by Gasteiger charge is 2.34. The molecule has 8 nitrogen and oxygen atoms in total. The minimum absolute atomic E-state index is 0.0551. The van der Waals surface area contributed by atoms with E-state index in [-0.39, 0.29) is 24.9 Å². The van der Waals surface area contributed by atoms with Gasteiger partial charge in [-0.05, 0) is 72.5 Å². The second-order valence-corrected chi connectivity index (χ2v) is 14.3. The van der Waals surface area contributed by atoms with E-state index < -0.39 is 28.5 Å². The third-order valence-electron chi connectivity index (χ3n) is 8.02. The van der Waals surface area contributed by atoms with E-state index in [0.29, 0.717) is 17.2 Å². The van der Waals surface area contributed by atoms with E-state index in [0.717, 1.165) is 51.8 Å². The summed E-state index contributed by atoms with van der Waals surface area (Å²) in [6.07, 6.45) is 5.25. The summed E-state index contributed by atoms with van der Waals surface area (Å²) in [5.74, 6) is 0.447. The Hall–Kier alpha value is -4.15. The zero-order chi connectivity index (χ0) is 32.5. The van der Waals surface area contributed by atoms with Crippen molar-refractivity contribution in [3.05, 3.63) is 125 Å². The first-order valence-corrected chi connectivity index (χ1v) is 18.0. The van der Waals surface area contributed by atoms with Crippen LogP contribution in [-0.4, -0.2) is 50.0 Å². The maximum absolute atomic E-state index is 14.3. The fourth-order valence-corrected chi connectivity index (χ4v) is 6.74. The van der Waals surface area contributed by atoms with Crippen molar-refractivity contribution in [2.75, 3.05) is 17.1 Å². The number of hydrogen-bond donors (Lipinski definition) is 1. The summed E-state index contributed by atoms with van der Waals surface area (Å²) in [5.41, 5.74) is 2.03. The number of amides is 2. The average molecular weight is 705 g/mol. The molecule has 0 unspecified atom stereocenters. The van der Waals surface area contributed by atoms with Crippen LogP contribution in [0.25, 0.3) is 0 Å². The zero-order valence-corrected chi connectivity index (χ0v) is 28.1. The van der Waals surface area contributed by atoms with Crippen molar-refractivity contribution in [3.63, 3.8) is 0 Å². The minimum Gasteiger partial charge on any atom is -0.457 e. The van der Waals surface area contributed by atoms with Gasteiger partial charge in [0.05, 0.1) is 11.9 Å². The van der Waals surface area contributed by atoms with Gasteiger partial charge < -0.3 is 15.0 Å². The lowest BCUT2D eigenvalue weighted by Gasteiger charge is -2.34. The molecule has 0 aliphatic heterocycles. The number of ether oxygens (including phenoxy) is 1. The number of benzene rings is 4. The van der Waals surface area contributed by atoms with Gasteiger partial charge in [0.1, 0.15) is 24.1 Å². The van der Waals surface area contributed by atoms with Crippen LogP contribution in [0, 0.1) is 0 Å². The number of nitrogens with zero attached hydrogens (tertiary/aromatic N) is 2. The van der Waals surface area contributed by atoms with Crippen LogP contribution in [0.1, 0.15) is 36.8 Å².